The molecule has 2 rings (SSSR count). The molecule has 0 aliphatic rings. The maximum absolute atomic E-state index is 11.6. The zero-order chi connectivity index (χ0) is 16.0. The molecule has 0 radical (unpaired) electrons. The number of aryl methyl sites for hydroxylation is 1. The van der Waals surface area contributed by atoms with Crippen LogP contribution in [0.3, 0.4) is 0 Å². The summed E-state index contributed by atoms with van der Waals surface area (Å²) in [6.07, 6.45) is 7.61. The van der Waals surface area contributed by atoms with Crippen molar-refractivity contribution >= 4 is 20.9 Å². The normalized spacial score (nSPS) is 11.9. The maximum Gasteiger partial charge on any atom is 0.294 e. The molecule has 0 spiro atoms. The van der Waals surface area contributed by atoms with E-state index in [9.17, 15) is 13.0 Å². The number of rotatable bonds is 8. The Morgan fingerprint density at radius 2 is 1.59 bits per heavy atom. The lowest BCUT2D eigenvalue weighted by Crippen LogP contribution is -2.04. The second-order valence-corrected chi connectivity index (χ2v) is 7.15. The minimum atomic E-state index is -4.18. The summed E-state index contributed by atoms with van der Waals surface area (Å²) in [6, 6.07) is 11.0. The van der Waals surface area contributed by atoms with Gasteiger partial charge in [0.15, 0.2) is 0 Å². The van der Waals surface area contributed by atoms with Gasteiger partial charge in [0.2, 0.25) is 0 Å². The van der Waals surface area contributed by atoms with Gasteiger partial charge in [-0.25, -0.2) is 0 Å². The van der Waals surface area contributed by atoms with Gasteiger partial charge < -0.3 is 0 Å². The average molecular weight is 320 g/mol. The van der Waals surface area contributed by atoms with Crippen LogP contribution < -0.4 is 0 Å². The third-order valence-corrected chi connectivity index (χ3v) is 4.99. The van der Waals surface area contributed by atoms with Crippen molar-refractivity contribution in [1.82, 2.24) is 0 Å². The SMILES string of the molecule is CCCCCCCCc1c(S(=O)(=O)O)ccc2ccccc12. The fourth-order valence-corrected chi connectivity index (χ4v) is 3.66. The van der Waals surface area contributed by atoms with Crippen LogP contribution in [0.2, 0.25) is 0 Å². The molecule has 2 aromatic rings. The van der Waals surface area contributed by atoms with Crippen molar-refractivity contribution in [3.63, 3.8) is 0 Å². The summed E-state index contributed by atoms with van der Waals surface area (Å²) in [4.78, 5) is 0.0553. The Hall–Kier alpha value is -1.39. The molecular weight excluding hydrogens is 296 g/mol. The Balaban J connectivity index is 2.21. The highest BCUT2D eigenvalue weighted by atomic mass is 32.2. The van der Waals surface area contributed by atoms with Gasteiger partial charge in [0, 0.05) is 0 Å². The smallest absolute Gasteiger partial charge is 0.282 e. The molecule has 0 aliphatic heterocycles. The molecule has 0 unspecified atom stereocenters. The molecule has 2 aromatic carbocycles. The molecule has 0 amide bonds. The lowest BCUT2D eigenvalue weighted by Gasteiger charge is -2.11. The Morgan fingerprint density at radius 3 is 2.32 bits per heavy atom. The van der Waals surface area contributed by atoms with Crippen LogP contribution in [0.15, 0.2) is 41.3 Å². The van der Waals surface area contributed by atoms with E-state index in [0.29, 0.717) is 6.42 Å². The minimum Gasteiger partial charge on any atom is -0.282 e. The molecule has 3 nitrogen and oxygen atoms in total. The summed E-state index contributed by atoms with van der Waals surface area (Å²) in [5, 5.41) is 1.93. The topological polar surface area (TPSA) is 54.4 Å². The first-order chi connectivity index (χ1) is 10.5. The Morgan fingerprint density at radius 1 is 0.909 bits per heavy atom. The quantitative estimate of drug-likeness (QED) is 0.550. The van der Waals surface area contributed by atoms with Crippen LogP contribution in [0, 0.1) is 0 Å². The fourth-order valence-electron chi connectivity index (χ4n) is 2.90. The van der Waals surface area contributed by atoms with E-state index in [4.69, 9.17) is 0 Å². The van der Waals surface area contributed by atoms with Gasteiger partial charge >= 0.3 is 0 Å². The summed E-state index contributed by atoms with van der Waals surface area (Å²) in [7, 11) is -4.18. The lowest BCUT2D eigenvalue weighted by molar-refractivity contribution is 0.482. The summed E-state index contributed by atoms with van der Waals surface area (Å²) >= 11 is 0. The van der Waals surface area contributed by atoms with Crippen LogP contribution >= 0.6 is 0 Å². The zero-order valence-electron chi connectivity index (χ0n) is 13.1. The van der Waals surface area contributed by atoms with Gasteiger partial charge in [-0.2, -0.15) is 8.42 Å². The van der Waals surface area contributed by atoms with Crippen molar-refractivity contribution in [1.29, 1.82) is 0 Å². The van der Waals surface area contributed by atoms with E-state index in [1.807, 2.05) is 24.3 Å². The highest BCUT2D eigenvalue weighted by Gasteiger charge is 2.17. The zero-order valence-corrected chi connectivity index (χ0v) is 13.9. The number of fused-ring (bicyclic) bond motifs is 1. The van der Waals surface area contributed by atoms with E-state index in [-0.39, 0.29) is 4.90 Å². The molecule has 22 heavy (non-hydrogen) atoms. The number of benzene rings is 2. The second kappa shape index (κ2) is 7.75. The average Bonchev–Trinajstić information content (AvgIpc) is 2.49. The summed E-state index contributed by atoms with van der Waals surface area (Å²) in [5.41, 5.74) is 0.746. The largest absolute Gasteiger partial charge is 0.294 e. The molecule has 0 aliphatic carbocycles. The molecule has 1 N–H and O–H groups in total. The number of hydrogen-bond donors (Lipinski definition) is 1. The fraction of sp³-hybridized carbons (Fsp3) is 0.444. The molecule has 0 aromatic heterocycles. The standard InChI is InChI=1S/C18H24O3S/c1-2-3-4-5-6-7-12-17-16-11-9-8-10-15(16)13-14-18(17)22(19,20)21/h8-11,13-14H,2-7,12H2,1H3,(H,19,20,21). The predicted molar refractivity (Wildman–Crippen MR) is 90.8 cm³/mol. The first kappa shape index (κ1) is 17.0. The van der Waals surface area contributed by atoms with Gasteiger partial charge in [-0.3, -0.25) is 4.55 Å². The molecule has 0 saturated heterocycles. The second-order valence-electron chi connectivity index (χ2n) is 5.76. The maximum atomic E-state index is 11.6. The first-order valence-corrected chi connectivity index (χ1v) is 9.46. The van der Waals surface area contributed by atoms with Crippen LogP contribution in [0.1, 0.15) is 51.0 Å². The molecule has 0 heterocycles. The van der Waals surface area contributed by atoms with E-state index < -0.39 is 10.1 Å². The first-order valence-electron chi connectivity index (χ1n) is 8.02. The van der Waals surface area contributed by atoms with Gasteiger partial charge in [-0.1, -0.05) is 69.4 Å². The summed E-state index contributed by atoms with van der Waals surface area (Å²) < 4.78 is 32.7. The summed E-state index contributed by atoms with van der Waals surface area (Å²) in [5.74, 6) is 0. The van der Waals surface area contributed by atoms with Crippen LogP contribution in [0.25, 0.3) is 10.8 Å². The van der Waals surface area contributed by atoms with E-state index in [1.54, 1.807) is 6.07 Å². The Labute approximate surface area is 133 Å². The van der Waals surface area contributed by atoms with Crippen LogP contribution in [0.5, 0.6) is 0 Å². The van der Waals surface area contributed by atoms with Crippen LogP contribution in [-0.2, 0) is 16.5 Å². The lowest BCUT2D eigenvalue weighted by atomic mass is 9.99. The van der Waals surface area contributed by atoms with Gasteiger partial charge in [0.05, 0.1) is 4.90 Å². The third kappa shape index (κ3) is 4.31. The van der Waals surface area contributed by atoms with Crippen LogP contribution in [0.4, 0.5) is 0 Å². The van der Waals surface area contributed by atoms with E-state index in [1.165, 1.54) is 31.7 Å². The van der Waals surface area contributed by atoms with Crippen molar-refractivity contribution in [2.24, 2.45) is 0 Å². The van der Waals surface area contributed by atoms with Crippen molar-refractivity contribution in [2.75, 3.05) is 0 Å². The van der Waals surface area contributed by atoms with Crippen LogP contribution in [-0.4, -0.2) is 13.0 Å². The van der Waals surface area contributed by atoms with Crippen molar-refractivity contribution in [3.05, 3.63) is 42.0 Å². The van der Waals surface area contributed by atoms with Crippen molar-refractivity contribution in [3.8, 4) is 0 Å². The molecule has 0 saturated carbocycles. The molecule has 0 bridgehead atoms. The molecule has 0 fully saturated rings. The monoisotopic (exact) mass is 320 g/mol. The summed E-state index contributed by atoms with van der Waals surface area (Å²) in [6.45, 7) is 2.19. The highest BCUT2D eigenvalue weighted by Crippen LogP contribution is 2.27. The molecule has 4 heteroatoms. The predicted octanol–water partition coefficient (Wildman–Crippen LogP) is 4.99. The number of unbranched alkanes of at least 4 members (excludes halogenated alkanes) is 5. The number of hydrogen-bond acceptors (Lipinski definition) is 2. The molecular formula is C18H24O3S. The molecule has 120 valence electrons. The Bertz CT molecular complexity index is 720. The molecule has 0 atom stereocenters. The van der Waals surface area contributed by atoms with Gasteiger partial charge in [-0.15, -0.1) is 0 Å². The Kier molecular flexibility index (Phi) is 5.98. The highest BCUT2D eigenvalue weighted by molar-refractivity contribution is 7.85. The van der Waals surface area contributed by atoms with E-state index in [0.717, 1.165) is 29.2 Å². The van der Waals surface area contributed by atoms with Gasteiger partial charge in [0.1, 0.15) is 0 Å². The minimum absolute atomic E-state index is 0.0553. The van der Waals surface area contributed by atoms with Gasteiger partial charge in [0.25, 0.3) is 10.1 Å². The van der Waals surface area contributed by atoms with Crippen molar-refractivity contribution < 1.29 is 13.0 Å². The van der Waals surface area contributed by atoms with Crippen molar-refractivity contribution in [2.45, 2.75) is 56.8 Å². The van der Waals surface area contributed by atoms with E-state index in [2.05, 4.69) is 6.92 Å². The van der Waals surface area contributed by atoms with Gasteiger partial charge in [-0.05, 0) is 35.2 Å². The van der Waals surface area contributed by atoms with E-state index >= 15 is 0 Å². The third-order valence-electron chi connectivity index (χ3n) is 4.06.